The average Bonchev–Trinajstić information content (AvgIpc) is 2.59. The van der Waals surface area contributed by atoms with Crippen LogP contribution >= 0.6 is 0 Å². The standard InChI is InChI=1S/C20H29N5O/c1-6-25(7-2)16-8-9-17(15(5)13-16)21-18-10-11-19(24-23-18)22-20(26)12-14(3)4/h8-11,13-14H,6-7,12H2,1-5H3,(H,21,23)(H,22,24,26). The Morgan fingerprint density at radius 1 is 1.08 bits per heavy atom. The van der Waals surface area contributed by atoms with Gasteiger partial charge in [0.05, 0.1) is 0 Å². The Bertz CT molecular complexity index is 723. The van der Waals surface area contributed by atoms with Gasteiger partial charge in [-0.25, -0.2) is 0 Å². The number of hydrogen-bond acceptors (Lipinski definition) is 5. The van der Waals surface area contributed by atoms with Crippen LogP contribution in [-0.2, 0) is 4.79 Å². The summed E-state index contributed by atoms with van der Waals surface area (Å²) >= 11 is 0. The van der Waals surface area contributed by atoms with E-state index in [2.05, 4.69) is 64.7 Å². The number of aromatic nitrogens is 2. The summed E-state index contributed by atoms with van der Waals surface area (Å²) < 4.78 is 0. The molecule has 1 amide bonds. The Kier molecular flexibility index (Phi) is 6.95. The van der Waals surface area contributed by atoms with E-state index in [4.69, 9.17) is 0 Å². The molecule has 0 aliphatic heterocycles. The number of carbonyl (C=O) groups is 1. The highest BCUT2D eigenvalue weighted by Gasteiger charge is 2.08. The predicted molar refractivity (Wildman–Crippen MR) is 108 cm³/mol. The highest BCUT2D eigenvalue weighted by molar-refractivity contribution is 5.89. The smallest absolute Gasteiger partial charge is 0.225 e. The molecule has 0 fully saturated rings. The lowest BCUT2D eigenvalue weighted by atomic mass is 10.1. The Morgan fingerprint density at radius 3 is 2.27 bits per heavy atom. The molecule has 0 aliphatic rings. The first-order valence-electron chi connectivity index (χ1n) is 9.19. The van der Waals surface area contributed by atoms with E-state index in [1.54, 1.807) is 6.07 Å². The fourth-order valence-corrected chi connectivity index (χ4v) is 2.74. The molecule has 0 unspecified atom stereocenters. The molecule has 0 saturated heterocycles. The van der Waals surface area contributed by atoms with Crippen molar-refractivity contribution in [3.63, 3.8) is 0 Å². The molecule has 0 aliphatic carbocycles. The largest absolute Gasteiger partial charge is 0.372 e. The monoisotopic (exact) mass is 355 g/mol. The van der Waals surface area contributed by atoms with Gasteiger partial charge in [-0.2, -0.15) is 0 Å². The average molecular weight is 355 g/mol. The van der Waals surface area contributed by atoms with Crippen LogP contribution in [0.25, 0.3) is 0 Å². The van der Waals surface area contributed by atoms with Crippen molar-refractivity contribution in [2.24, 2.45) is 5.92 Å². The summed E-state index contributed by atoms with van der Waals surface area (Å²) in [5, 5.41) is 14.3. The summed E-state index contributed by atoms with van der Waals surface area (Å²) in [6.07, 6.45) is 0.472. The third-order valence-corrected chi connectivity index (χ3v) is 4.13. The van der Waals surface area contributed by atoms with Crippen LogP contribution in [0.5, 0.6) is 0 Å². The highest BCUT2D eigenvalue weighted by atomic mass is 16.1. The van der Waals surface area contributed by atoms with Crippen molar-refractivity contribution in [1.29, 1.82) is 0 Å². The van der Waals surface area contributed by atoms with Gasteiger partial charge in [-0.1, -0.05) is 13.8 Å². The van der Waals surface area contributed by atoms with E-state index in [9.17, 15) is 4.79 Å². The van der Waals surface area contributed by atoms with Crippen LogP contribution < -0.4 is 15.5 Å². The molecule has 26 heavy (non-hydrogen) atoms. The van der Waals surface area contributed by atoms with Gasteiger partial charge in [-0.3, -0.25) is 4.79 Å². The van der Waals surface area contributed by atoms with Gasteiger partial charge in [-0.05, 0) is 62.6 Å². The third-order valence-electron chi connectivity index (χ3n) is 4.13. The van der Waals surface area contributed by atoms with Crippen molar-refractivity contribution < 1.29 is 4.79 Å². The maximum absolute atomic E-state index is 11.8. The number of carbonyl (C=O) groups excluding carboxylic acids is 1. The first kappa shape index (κ1) is 19.7. The van der Waals surface area contributed by atoms with E-state index >= 15 is 0 Å². The van der Waals surface area contributed by atoms with Crippen LogP contribution in [0.15, 0.2) is 30.3 Å². The lowest BCUT2D eigenvalue weighted by Crippen LogP contribution is -2.21. The summed E-state index contributed by atoms with van der Waals surface area (Å²) in [7, 11) is 0. The predicted octanol–water partition coefficient (Wildman–Crippen LogP) is 4.36. The van der Waals surface area contributed by atoms with Gasteiger partial charge >= 0.3 is 0 Å². The van der Waals surface area contributed by atoms with Crippen molar-refractivity contribution in [1.82, 2.24) is 10.2 Å². The SMILES string of the molecule is CCN(CC)c1ccc(Nc2ccc(NC(=O)CC(C)C)nn2)c(C)c1. The normalized spacial score (nSPS) is 10.7. The Morgan fingerprint density at radius 2 is 1.73 bits per heavy atom. The molecule has 0 spiro atoms. The zero-order valence-electron chi connectivity index (χ0n) is 16.3. The number of anilines is 4. The van der Waals surface area contributed by atoms with Gasteiger partial charge in [0.1, 0.15) is 0 Å². The number of hydrogen-bond donors (Lipinski definition) is 2. The van der Waals surface area contributed by atoms with E-state index < -0.39 is 0 Å². The first-order chi connectivity index (χ1) is 12.4. The number of nitrogens with one attached hydrogen (secondary N) is 2. The number of benzene rings is 1. The van der Waals surface area contributed by atoms with Gasteiger partial charge in [0, 0.05) is 30.9 Å². The molecular formula is C20H29N5O. The summed E-state index contributed by atoms with van der Waals surface area (Å²) in [5.41, 5.74) is 3.35. The summed E-state index contributed by atoms with van der Waals surface area (Å²) in [4.78, 5) is 14.1. The molecule has 1 aromatic heterocycles. The molecule has 0 bridgehead atoms. The first-order valence-corrected chi connectivity index (χ1v) is 9.19. The maximum Gasteiger partial charge on any atom is 0.225 e. The highest BCUT2D eigenvalue weighted by Crippen LogP contribution is 2.25. The molecule has 140 valence electrons. The summed E-state index contributed by atoms with van der Waals surface area (Å²) in [6, 6.07) is 9.91. The van der Waals surface area contributed by atoms with Gasteiger partial charge in [-0.15, -0.1) is 10.2 Å². The third kappa shape index (κ3) is 5.44. The Hall–Kier alpha value is -2.63. The molecule has 2 rings (SSSR count). The van der Waals surface area contributed by atoms with Crippen LogP contribution in [0.3, 0.4) is 0 Å². The number of nitrogens with zero attached hydrogens (tertiary/aromatic N) is 3. The van der Waals surface area contributed by atoms with Gasteiger partial charge in [0.2, 0.25) is 5.91 Å². The minimum atomic E-state index is -0.0437. The van der Waals surface area contributed by atoms with Gasteiger partial charge in [0.25, 0.3) is 0 Å². The molecule has 6 nitrogen and oxygen atoms in total. The van der Waals surface area contributed by atoms with Crippen molar-refractivity contribution in [2.45, 2.75) is 41.0 Å². The number of aryl methyl sites for hydroxylation is 1. The molecule has 1 heterocycles. The van der Waals surface area contributed by atoms with E-state index in [0.29, 0.717) is 24.0 Å². The second kappa shape index (κ2) is 9.17. The minimum Gasteiger partial charge on any atom is -0.372 e. The van der Waals surface area contributed by atoms with Crippen molar-refractivity contribution in [3.05, 3.63) is 35.9 Å². The topological polar surface area (TPSA) is 70.2 Å². The lowest BCUT2D eigenvalue weighted by Gasteiger charge is -2.22. The van der Waals surface area contributed by atoms with Crippen LogP contribution in [0.1, 0.15) is 39.7 Å². The molecular weight excluding hydrogens is 326 g/mol. The van der Waals surface area contributed by atoms with E-state index in [0.717, 1.165) is 24.3 Å². The quantitative estimate of drug-likeness (QED) is 0.736. The summed E-state index contributed by atoms with van der Waals surface area (Å²) in [6.45, 7) is 12.4. The van der Waals surface area contributed by atoms with Gasteiger partial charge < -0.3 is 15.5 Å². The molecule has 0 radical (unpaired) electrons. The lowest BCUT2D eigenvalue weighted by molar-refractivity contribution is -0.116. The van der Waals surface area contributed by atoms with E-state index in [-0.39, 0.29) is 5.91 Å². The van der Waals surface area contributed by atoms with Gasteiger partial charge in [0.15, 0.2) is 11.6 Å². The van der Waals surface area contributed by atoms with Crippen LogP contribution in [0.2, 0.25) is 0 Å². The van der Waals surface area contributed by atoms with Crippen molar-refractivity contribution >= 4 is 28.9 Å². The molecule has 6 heteroatoms. The molecule has 2 aromatic rings. The second-order valence-corrected chi connectivity index (χ2v) is 6.75. The van der Waals surface area contributed by atoms with Crippen molar-refractivity contribution in [2.75, 3.05) is 28.6 Å². The molecule has 1 aromatic carbocycles. The second-order valence-electron chi connectivity index (χ2n) is 6.75. The van der Waals surface area contributed by atoms with Crippen LogP contribution in [0, 0.1) is 12.8 Å². The fraction of sp³-hybridized carbons (Fsp3) is 0.450. The maximum atomic E-state index is 11.8. The number of amides is 1. The van der Waals surface area contributed by atoms with Crippen molar-refractivity contribution in [3.8, 4) is 0 Å². The zero-order chi connectivity index (χ0) is 19.1. The van der Waals surface area contributed by atoms with E-state index in [1.165, 1.54) is 5.69 Å². The Labute approximate surface area is 156 Å². The minimum absolute atomic E-state index is 0.0437. The Balaban J connectivity index is 2.03. The molecule has 2 N–H and O–H groups in total. The molecule has 0 atom stereocenters. The zero-order valence-corrected chi connectivity index (χ0v) is 16.3. The molecule has 0 saturated carbocycles. The summed E-state index contributed by atoms with van der Waals surface area (Å²) in [5.74, 6) is 1.38. The van der Waals surface area contributed by atoms with Crippen LogP contribution in [-0.4, -0.2) is 29.2 Å². The van der Waals surface area contributed by atoms with E-state index in [1.807, 2.05) is 19.9 Å². The number of rotatable bonds is 8. The van der Waals surface area contributed by atoms with Crippen LogP contribution in [0.4, 0.5) is 23.0 Å². The fourth-order valence-electron chi connectivity index (χ4n) is 2.74.